The van der Waals surface area contributed by atoms with Gasteiger partial charge in [-0.15, -0.1) is 11.3 Å². The van der Waals surface area contributed by atoms with Crippen LogP contribution in [0.1, 0.15) is 5.01 Å². The Balaban J connectivity index is 2.23. The predicted molar refractivity (Wildman–Crippen MR) is 69.0 cm³/mol. The molecule has 0 aliphatic rings. The number of aromatic nitrogens is 1. The number of hydrogen-bond acceptors (Lipinski definition) is 6. The van der Waals surface area contributed by atoms with Crippen LogP contribution in [-0.2, 0) is 6.54 Å². The van der Waals surface area contributed by atoms with Gasteiger partial charge in [0.05, 0.1) is 30.3 Å². The van der Waals surface area contributed by atoms with Crippen molar-refractivity contribution in [3.8, 4) is 5.75 Å². The molecule has 100 valence electrons. The molecule has 8 heteroatoms. The molecule has 6 nitrogen and oxygen atoms in total. The summed E-state index contributed by atoms with van der Waals surface area (Å²) in [6.45, 7) is 0.343. The molecule has 0 aliphatic carbocycles. The van der Waals surface area contributed by atoms with Gasteiger partial charge in [0, 0.05) is 17.6 Å². The quantitative estimate of drug-likeness (QED) is 0.674. The molecule has 1 N–H and O–H groups in total. The van der Waals surface area contributed by atoms with E-state index in [0.717, 1.165) is 11.1 Å². The van der Waals surface area contributed by atoms with Crippen molar-refractivity contribution in [1.29, 1.82) is 0 Å². The van der Waals surface area contributed by atoms with Crippen molar-refractivity contribution in [3.63, 3.8) is 0 Å². The van der Waals surface area contributed by atoms with Crippen LogP contribution < -0.4 is 10.1 Å². The second-order valence-electron chi connectivity index (χ2n) is 3.54. The number of halogens is 1. The van der Waals surface area contributed by atoms with Crippen molar-refractivity contribution in [1.82, 2.24) is 4.98 Å². The monoisotopic (exact) mass is 283 g/mol. The van der Waals surface area contributed by atoms with Crippen LogP contribution in [0.3, 0.4) is 0 Å². The smallest absolute Gasteiger partial charge is 0.313 e. The average molecular weight is 283 g/mol. The molecular weight excluding hydrogens is 273 g/mol. The number of anilines is 1. The van der Waals surface area contributed by atoms with Crippen LogP contribution in [0.15, 0.2) is 23.7 Å². The second-order valence-corrected chi connectivity index (χ2v) is 4.52. The third-order valence-electron chi connectivity index (χ3n) is 2.38. The fourth-order valence-corrected chi connectivity index (χ4v) is 2.05. The number of nitro benzene ring substituents is 1. The lowest BCUT2D eigenvalue weighted by Gasteiger charge is -2.08. The molecule has 0 spiro atoms. The molecule has 0 radical (unpaired) electrons. The van der Waals surface area contributed by atoms with Crippen LogP contribution in [-0.4, -0.2) is 17.0 Å². The van der Waals surface area contributed by atoms with E-state index in [4.69, 9.17) is 4.74 Å². The number of hydrogen-bond donors (Lipinski definition) is 1. The summed E-state index contributed by atoms with van der Waals surface area (Å²) >= 11 is 1.43. The van der Waals surface area contributed by atoms with Gasteiger partial charge in [-0.25, -0.2) is 9.37 Å². The number of ether oxygens (including phenoxy) is 1. The molecule has 0 fully saturated rings. The normalized spacial score (nSPS) is 10.2. The molecule has 2 rings (SSSR count). The Hall–Kier alpha value is -2.22. The molecule has 1 aromatic carbocycles. The lowest BCUT2D eigenvalue weighted by Crippen LogP contribution is -2.03. The van der Waals surface area contributed by atoms with Crippen molar-refractivity contribution in [3.05, 3.63) is 44.6 Å². The summed E-state index contributed by atoms with van der Waals surface area (Å²) in [5.41, 5.74) is -0.266. The number of nitrogens with one attached hydrogen (secondary N) is 1. The summed E-state index contributed by atoms with van der Waals surface area (Å²) in [7, 11) is 1.30. The Kier molecular flexibility index (Phi) is 3.91. The van der Waals surface area contributed by atoms with E-state index in [9.17, 15) is 14.5 Å². The predicted octanol–water partition coefficient (Wildman–Crippen LogP) is 2.81. The van der Waals surface area contributed by atoms with Gasteiger partial charge in [0.15, 0.2) is 11.6 Å². The molecule has 0 amide bonds. The molecule has 0 atom stereocenters. The Labute approximate surface area is 112 Å². The topological polar surface area (TPSA) is 77.3 Å². The molecule has 19 heavy (non-hydrogen) atoms. The largest absolute Gasteiger partial charge is 0.490 e. The third kappa shape index (κ3) is 2.97. The van der Waals surface area contributed by atoms with E-state index in [1.54, 1.807) is 6.20 Å². The number of thiazole rings is 1. The van der Waals surface area contributed by atoms with Gasteiger partial charge in [-0.3, -0.25) is 10.1 Å². The second kappa shape index (κ2) is 5.61. The van der Waals surface area contributed by atoms with Crippen molar-refractivity contribution in [2.75, 3.05) is 12.4 Å². The Morgan fingerprint density at radius 1 is 1.58 bits per heavy atom. The number of nitro groups is 1. The molecule has 0 saturated carbocycles. The van der Waals surface area contributed by atoms with Gasteiger partial charge in [0.25, 0.3) is 0 Å². The number of rotatable bonds is 5. The first-order valence-electron chi connectivity index (χ1n) is 5.26. The molecule has 0 bridgehead atoms. The lowest BCUT2D eigenvalue weighted by atomic mass is 10.2. The van der Waals surface area contributed by atoms with E-state index in [0.29, 0.717) is 6.54 Å². The summed E-state index contributed by atoms with van der Waals surface area (Å²) in [6, 6.07) is 2.10. The van der Waals surface area contributed by atoms with Gasteiger partial charge in [-0.1, -0.05) is 0 Å². The van der Waals surface area contributed by atoms with Crippen molar-refractivity contribution in [2.45, 2.75) is 6.54 Å². The van der Waals surface area contributed by atoms with E-state index >= 15 is 0 Å². The minimum atomic E-state index is -0.705. The van der Waals surface area contributed by atoms with E-state index in [1.807, 2.05) is 5.38 Å². The fraction of sp³-hybridized carbons (Fsp3) is 0.182. The highest BCUT2D eigenvalue weighted by atomic mass is 32.1. The number of methoxy groups -OCH3 is 1. The molecule has 1 aromatic heterocycles. The number of nitrogens with zero attached hydrogens (tertiary/aromatic N) is 2. The highest BCUT2D eigenvalue weighted by Crippen LogP contribution is 2.32. The average Bonchev–Trinajstić information content (AvgIpc) is 2.90. The van der Waals surface area contributed by atoms with Crippen LogP contribution in [0.2, 0.25) is 0 Å². The molecule has 2 aromatic rings. The third-order valence-corrected chi connectivity index (χ3v) is 3.16. The Morgan fingerprint density at radius 2 is 2.37 bits per heavy atom. The van der Waals surface area contributed by atoms with E-state index in [1.165, 1.54) is 24.5 Å². The maximum Gasteiger partial charge on any atom is 0.313 e. The Morgan fingerprint density at radius 3 is 2.95 bits per heavy atom. The Bertz CT molecular complexity index is 589. The molecular formula is C11H10FN3O3S. The number of benzene rings is 1. The molecule has 0 saturated heterocycles. The van der Waals surface area contributed by atoms with Gasteiger partial charge in [0.2, 0.25) is 0 Å². The minimum absolute atomic E-state index is 0.00744. The van der Waals surface area contributed by atoms with Crippen LogP contribution in [0.25, 0.3) is 0 Å². The van der Waals surface area contributed by atoms with Gasteiger partial charge in [0.1, 0.15) is 5.01 Å². The summed E-state index contributed by atoms with van der Waals surface area (Å²) < 4.78 is 18.6. The van der Waals surface area contributed by atoms with Crippen LogP contribution in [0, 0.1) is 15.9 Å². The zero-order chi connectivity index (χ0) is 13.8. The molecule has 0 unspecified atom stereocenters. The van der Waals surface area contributed by atoms with Crippen molar-refractivity contribution >= 4 is 22.7 Å². The van der Waals surface area contributed by atoms with Gasteiger partial charge >= 0.3 is 5.69 Å². The standard InChI is InChI=1S/C11H10FN3O3S/c1-18-10-5-8(7(12)4-9(10)15(16)17)14-6-11-13-2-3-19-11/h2-5,14H,6H2,1H3. The van der Waals surface area contributed by atoms with Gasteiger partial charge in [-0.2, -0.15) is 0 Å². The first-order valence-corrected chi connectivity index (χ1v) is 6.14. The van der Waals surface area contributed by atoms with Crippen LogP contribution in [0.4, 0.5) is 15.8 Å². The first kappa shape index (κ1) is 13.2. The summed E-state index contributed by atoms with van der Waals surface area (Å²) in [5.74, 6) is -0.697. The zero-order valence-electron chi connectivity index (χ0n) is 9.92. The summed E-state index contributed by atoms with van der Waals surface area (Å²) in [6.07, 6.45) is 1.65. The summed E-state index contributed by atoms with van der Waals surface area (Å²) in [5, 5.41) is 16.1. The summed E-state index contributed by atoms with van der Waals surface area (Å²) in [4.78, 5) is 14.1. The van der Waals surface area contributed by atoms with E-state index in [2.05, 4.69) is 10.3 Å². The molecule has 1 heterocycles. The zero-order valence-corrected chi connectivity index (χ0v) is 10.7. The SMILES string of the molecule is COc1cc(NCc2nccs2)c(F)cc1[N+](=O)[O-]. The lowest BCUT2D eigenvalue weighted by molar-refractivity contribution is -0.385. The first-order chi connectivity index (χ1) is 9.11. The van der Waals surface area contributed by atoms with Gasteiger partial charge < -0.3 is 10.1 Å². The fourth-order valence-electron chi connectivity index (χ4n) is 1.50. The highest BCUT2D eigenvalue weighted by molar-refractivity contribution is 7.09. The van der Waals surface area contributed by atoms with Gasteiger partial charge in [-0.05, 0) is 0 Å². The van der Waals surface area contributed by atoms with Crippen molar-refractivity contribution < 1.29 is 14.1 Å². The van der Waals surface area contributed by atoms with Crippen molar-refractivity contribution in [2.24, 2.45) is 0 Å². The van der Waals surface area contributed by atoms with Crippen LogP contribution >= 0.6 is 11.3 Å². The van der Waals surface area contributed by atoms with E-state index in [-0.39, 0.29) is 11.4 Å². The highest BCUT2D eigenvalue weighted by Gasteiger charge is 2.19. The maximum absolute atomic E-state index is 13.7. The van der Waals surface area contributed by atoms with Crippen LogP contribution in [0.5, 0.6) is 5.75 Å². The minimum Gasteiger partial charge on any atom is -0.490 e. The molecule has 0 aliphatic heterocycles. The maximum atomic E-state index is 13.7. The van der Waals surface area contributed by atoms with E-state index < -0.39 is 16.4 Å².